The molecule has 0 unspecified atom stereocenters. The molecule has 70 valence electrons. The van der Waals surface area contributed by atoms with Gasteiger partial charge in [0.25, 0.3) is 0 Å². The molecule has 0 spiro atoms. The van der Waals surface area contributed by atoms with Crippen LogP contribution in [-0.4, -0.2) is 24.1 Å². The van der Waals surface area contributed by atoms with Crippen molar-refractivity contribution in [2.24, 2.45) is 0 Å². The van der Waals surface area contributed by atoms with E-state index in [1.165, 1.54) is 0 Å². The van der Waals surface area contributed by atoms with Crippen LogP contribution >= 0.6 is 23.2 Å². The van der Waals surface area contributed by atoms with Crippen LogP contribution in [0.3, 0.4) is 0 Å². The van der Waals surface area contributed by atoms with Gasteiger partial charge in [0, 0.05) is 0 Å². The molecule has 0 atom stereocenters. The molecule has 0 aromatic rings. The summed E-state index contributed by atoms with van der Waals surface area (Å²) in [6, 6.07) is -0.410. The van der Waals surface area contributed by atoms with Crippen molar-refractivity contribution in [3.05, 3.63) is 0 Å². The first kappa shape index (κ1) is 11.5. The molecule has 0 aliphatic carbocycles. The third-order valence-electron chi connectivity index (χ3n) is 0.964. The summed E-state index contributed by atoms with van der Waals surface area (Å²) in [5.41, 5.74) is 0. The van der Waals surface area contributed by atoms with E-state index in [2.05, 4.69) is 9.47 Å². The van der Waals surface area contributed by atoms with Gasteiger partial charge >= 0.3 is 11.9 Å². The molecule has 0 amide bonds. The summed E-state index contributed by atoms with van der Waals surface area (Å²) in [7, 11) is 0. The van der Waals surface area contributed by atoms with Crippen LogP contribution in [0, 0.1) is 0 Å². The SMILES string of the molecule is O=C(CCC(=O)OCCl)OCCl. The van der Waals surface area contributed by atoms with E-state index in [1.807, 2.05) is 0 Å². The number of carbonyl (C=O) groups is 2. The lowest BCUT2D eigenvalue weighted by Crippen LogP contribution is -2.08. The van der Waals surface area contributed by atoms with Crippen LogP contribution in [0.4, 0.5) is 0 Å². The Balaban J connectivity index is 3.40. The Morgan fingerprint density at radius 3 is 1.50 bits per heavy atom. The van der Waals surface area contributed by atoms with E-state index in [0.29, 0.717) is 0 Å². The summed E-state index contributed by atoms with van der Waals surface area (Å²) in [6.45, 7) is 0. The van der Waals surface area contributed by atoms with E-state index in [1.54, 1.807) is 0 Å². The van der Waals surface area contributed by atoms with Gasteiger partial charge in [-0.15, -0.1) is 0 Å². The third-order valence-corrected chi connectivity index (χ3v) is 1.18. The fourth-order valence-electron chi connectivity index (χ4n) is 0.470. The number of alkyl halides is 2. The molecule has 6 heteroatoms. The molecule has 0 heterocycles. The Bertz CT molecular complexity index is 142. The van der Waals surface area contributed by atoms with Gasteiger partial charge in [-0.25, -0.2) is 0 Å². The second-order valence-corrected chi connectivity index (χ2v) is 2.19. The van der Waals surface area contributed by atoms with E-state index in [4.69, 9.17) is 23.2 Å². The molecule has 0 saturated carbocycles. The van der Waals surface area contributed by atoms with E-state index in [0.717, 1.165) is 0 Å². The highest BCUT2D eigenvalue weighted by molar-refractivity contribution is 6.17. The van der Waals surface area contributed by atoms with Crippen molar-refractivity contribution in [1.29, 1.82) is 0 Å². The average Bonchev–Trinajstić information content (AvgIpc) is 2.02. The highest BCUT2D eigenvalue weighted by atomic mass is 35.5. The van der Waals surface area contributed by atoms with E-state index in [9.17, 15) is 9.59 Å². The molecule has 0 bridgehead atoms. The molecule has 0 radical (unpaired) electrons. The zero-order valence-electron chi connectivity index (χ0n) is 6.22. The average molecular weight is 215 g/mol. The quantitative estimate of drug-likeness (QED) is 0.511. The Morgan fingerprint density at radius 2 is 1.25 bits per heavy atom. The molecular formula is C6H8Cl2O4. The third kappa shape index (κ3) is 6.24. The fraction of sp³-hybridized carbons (Fsp3) is 0.667. The maximum absolute atomic E-state index is 10.6. The zero-order chi connectivity index (χ0) is 9.40. The van der Waals surface area contributed by atoms with Gasteiger partial charge in [0.2, 0.25) is 0 Å². The molecule has 0 aromatic heterocycles. The van der Waals surface area contributed by atoms with Crippen LogP contribution in [0.5, 0.6) is 0 Å². The summed E-state index contributed by atoms with van der Waals surface area (Å²) in [6.07, 6.45) is -0.0785. The first-order valence-corrected chi connectivity index (χ1v) is 4.20. The molecular weight excluding hydrogens is 207 g/mol. The predicted molar refractivity (Wildman–Crippen MR) is 42.9 cm³/mol. The van der Waals surface area contributed by atoms with E-state index < -0.39 is 11.9 Å². The molecule has 0 aliphatic rings. The summed E-state index contributed by atoms with van der Waals surface area (Å²) in [5.74, 6) is -1.06. The van der Waals surface area contributed by atoms with E-state index >= 15 is 0 Å². The topological polar surface area (TPSA) is 52.6 Å². The number of ether oxygens (including phenoxy) is 2. The van der Waals surface area contributed by atoms with Gasteiger partial charge in [0.1, 0.15) is 0 Å². The molecule has 0 aromatic carbocycles. The Labute approximate surface area is 79.7 Å². The van der Waals surface area contributed by atoms with Crippen LogP contribution in [0.2, 0.25) is 0 Å². The molecule has 0 fully saturated rings. The van der Waals surface area contributed by atoms with Crippen molar-refractivity contribution in [3.63, 3.8) is 0 Å². The molecule has 0 saturated heterocycles. The smallest absolute Gasteiger partial charge is 0.307 e. The Morgan fingerprint density at radius 1 is 0.917 bits per heavy atom. The van der Waals surface area contributed by atoms with Crippen LogP contribution in [-0.2, 0) is 19.1 Å². The minimum atomic E-state index is -0.531. The first-order valence-electron chi connectivity index (χ1n) is 3.14. The van der Waals surface area contributed by atoms with Crippen molar-refractivity contribution < 1.29 is 19.1 Å². The van der Waals surface area contributed by atoms with Crippen molar-refractivity contribution in [1.82, 2.24) is 0 Å². The highest BCUT2D eigenvalue weighted by Gasteiger charge is 2.07. The molecule has 0 N–H and O–H groups in total. The van der Waals surface area contributed by atoms with Gasteiger partial charge in [0.15, 0.2) is 12.1 Å². The van der Waals surface area contributed by atoms with Crippen LogP contribution < -0.4 is 0 Å². The number of esters is 2. The lowest BCUT2D eigenvalue weighted by Gasteiger charge is -2.00. The normalized spacial score (nSPS) is 9.17. The number of rotatable bonds is 5. The van der Waals surface area contributed by atoms with Gasteiger partial charge in [0.05, 0.1) is 12.8 Å². The zero-order valence-corrected chi connectivity index (χ0v) is 7.73. The van der Waals surface area contributed by atoms with Gasteiger partial charge in [-0.2, -0.15) is 0 Å². The Hall–Kier alpha value is -0.480. The highest BCUT2D eigenvalue weighted by Crippen LogP contribution is 1.96. The molecule has 0 rings (SSSR count). The van der Waals surface area contributed by atoms with Crippen molar-refractivity contribution in [2.75, 3.05) is 12.1 Å². The number of hydrogen-bond acceptors (Lipinski definition) is 4. The lowest BCUT2D eigenvalue weighted by atomic mass is 10.3. The predicted octanol–water partition coefficient (Wildman–Crippen LogP) is 1.25. The van der Waals surface area contributed by atoms with Crippen LogP contribution in [0.1, 0.15) is 12.8 Å². The second-order valence-electron chi connectivity index (χ2n) is 1.75. The van der Waals surface area contributed by atoms with Crippen molar-refractivity contribution in [2.45, 2.75) is 12.8 Å². The second kappa shape index (κ2) is 7.18. The molecule has 4 nitrogen and oxygen atoms in total. The minimum absolute atomic E-state index is 0.0392. The van der Waals surface area contributed by atoms with Gasteiger partial charge in [-0.05, 0) is 0 Å². The standard InChI is InChI=1S/C6H8Cl2O4/c7-3-11-5(9)1-2-6(10)12-4-8/h1-4H2. The van der Waals surface area contributed by atoms with Crippen LogP contribution in [0.15, 0.2) is 0 Å². The van der Waals surface area contributed by atoms with Crippen LogP contribution in [0.25, 0.3) is 0 Å². The summed E-state index contributed by atoms with van der Waals surface area (Å²) in [4.78, 5) is 21.2. The monoisotopic (exact) mass is 214 g/mol. The largest absolute Gasteiger partial charge is 0.449 e. The first-order chi connectivity index (χ1) is 5.70. The molecule has 0 aliphatic heterocycles. The van der Waals surface area contributed by atoms with Crippen molar-refractivity contribution in [3.8, 4) is 0 Å². The number of hydrogen-bond donors (Lipinski definition) is 0. The Kier molecular flexibility index (Phi) is 6.90. The lowest BCUT2D eigenvalue weighted by molar-refractivity contribution is -0.148. The summed E-state index contributed by atoms with van der Waals surface area (Å²) >= 11 is 10.2. The van der Waals surface area contributed by atoms with Gasteiger partial charge in [-0.3, -0.25) is 9.59 Å². The maximum Gasteiger partial charge on any atom is 0.307 e. The van der Waals surface area contributed by atoms with E-state index in [-0.39, 0.29) is 25.0 Å². The summed E-state index contributed by atoms with van der Waals surface area (Å²) in [5, 5.41) is 0. The summed E-state index contributed by atoms with van der Waals surface area (Å²) < 4.78 is 8.71. The molecule has 12 heavy (non-hydrogen) atoms. The fourth-order valence-corrected chi connectivity index (χ4v) is 0.714. The number of carbonyl (C=O) groups excluding carboxylic acids is 2. The van der Waals surface area contributed by atoms with Gasteiger partial charge in [-0.1, -0.05) is 23.2 Å². The maximum atomic E-state index is 10.6. The van der Waals surface area contributed by atoms with Crippen molar-refractivity contribution >= 4 is 35.1 Å². The van der Waals surface area contributed by atoms with Gasteiger partial charge < -0.3 is 9.47 Å². The minimum Gasteiger partial charge on any atom is -0.449 e. The number of halogens is 2.